The van der Waals surface area contributed by atoms with Gasteiger partial charge in [-0.25, -0.2) is 8.42 Å². The van der Waals surface area contributed by atoms with Crippen LogP contribution in [0.25, 0.3) is 33.1 Å². The summed E-state index contributed by atoms with van der Waals surface area (Å²) in [5.41, 5.74) is 5.85. The van der Waals surface area contributed by atoms with E-state index in [1.165, 1.54) is 4.31 Å². The molecule has 0 aliphatic carbocycles. The van der Waals surface area contributed by atoms with Crippen LogP contribution in [0.2, 0.25) is 0 Å². The highest BCUT2D eigenvalue weighted by atomic mass is 32.2. The average Bonchev–Trinajstić information content (AvgIpc) is 3.29. The Morgan fingerprint density at radius 1 is 0.944 bits per heavy atom. The smallest absolute Gasteiger partial charge is 0.245 e. The van der Waals surface area contributed by atoms with Gasteiger partial charge in [-0.1, -0.05) is 24.3 Å². The first-order valence-corrected chi connectivity index (χ1v) is 13.3. The van der Waals surface area contributed by atoms with Gasteiger partial charge in [-0.2, -0.15) is 4.31 Å². The molecule has 1 saturated heterocycles. The lowest BCUT2D eigenvalue weighted by Crippen LogP contribution is -2.46. The van der Waals surface area contributed by atoms with Gasteiger partial charge in [0.1, 0.15) is 4.90 Å². The number of aromatic nitrogens is 3. The Morgan fingerprint density at radius 2 is 1.75 bits per heavy atom. The summed E-state index contributed by atoms with van der Waals surface area (Å²) in [7, 11) is -1.61. The highest BCUT2D eigenvalue weighted by molar-refractivity contribution is 7.89. The van der Waals surface area contributed by atoms with Gasteiger partial charge in [-0.3, -0.25) is 9.97 Å². The van der Waals surface area contributed by atoms with Gasteiger partial charge in [-0.05, 0) is 47.3 Å². The van der Waals surface area contributed by atoms with Crippen LogP contribution in [-0.2, 0) is 17.1 Å². The molecule has 3 aromatic carbocycles. The van der Waals surface area contributed by atoms with E-state index in [9.17, 15) is 8.42 Å². The van der Waals surface area contributed by atoms with Gasteiger partial charge in [0, 0.05) is 68.6 Å². The van der Waals surface area contributed by atoms with Crippen LogP contribution in [-0.4, -0.2) is 53.4 Å². The van der Waals surface area contributed by atoms with Crippen molar-refractivity contribution in [3.05, 3.63) is 79.3 Å². The van der Waals surface area contributed by atoms with Gasteiger partial charge in [0.05, 0.1) is 16.7 Å². The second-order valence-electron chi connectivity index (χ2n) is 8.92. The zero-order valence-corrected chi connectivity index (χ0v) is 20.7. The standard InChI is InChI=1S/C27H26N6O2S/c1-32-13-8-19-6-7-20(16-25(19)32)22-17-21(18-24-27(22)30-10-9-29-24)31-23-4-2-3-5-26(23)36(34,35)33-14-11-28-12-15-33/h2-10,13,16-18,28,31H,11-12,14-15H2,1H3. The predicted molar refractivity (Wildman–Crippen MR) is 143 cm³/mol. The number of anilines is 2. The molecule has 3 heterocycles. The number of benzene rings is 3. The number of sulfonamides is 1. The minimum absolute atomic E-state index is 0.262. The minimum atomic E-state index is -3.64. The molecule has 36 heavy (non-hydrogen) atoms. The molecule has 0 spiro atoms. The lowest BCUT2D eigenvalue weighted by atomic mass is 10.0. The molecule has 6 rings (SSSR count). The summed E-state index contributed by atoms with van der Waals surface area (Å²) in [6.45, 7) is 2.20. The third-order valence-electron chi connectivity index (χ3n) is 6.63. The van der Waals surface area contributed by atoms with Gasteiger partial charge in [0.2, 0.25) is 10.0 Å². The van der Waals surface area contributed by atoms with Crippen molar-refractivity contribution in [1.82, 2.24) is 24.2 Å². The molecule has 182 valence electrons. The summed E-state index contributed by atoms with van der Waals surface area (Å²) in [5, 5.41) is 7.74. The van der Waals surface area contributed by atoms with Crippen molar-refractivity contribution in [2.45, 2.75) is 4.90 Å². The number of aryl methyl sites for hydroxylation is 1. The van der Waals surface area contributed by atoms with Crippen LogP contribution >= 0.6 is 0 Å². The molecule has 2 N–H and O–H groups in total. The summed E-state index contributed by atoms with van der Waals surface area (Å²) in [6, 6.07) is 19.4. The van der Waals surface area contributed by atoms with Crippen molar-refractivity contribution >= 4 is 43.3 Å². The number of para-hydroxylation sites is 1. The molecule has 5 aromatic rings. The molecule has 1 fully saturated rings. The van der Waals surface area contributed by atoms with Crippen molar-refractivity contribution in [3.8, 4) is 11.1 Å². The van der Waals surface area contributed by atoms with Crippen LogP contribution in [0.1, 0.15) is 0 Å². The highest BCUT2D eigenvalue weighted by Crippen LogP contribution is 2.34. The molecule has 8 nitrogen and oxygen atoms in total. The quantitative estimate of drug-likeness (QED) is 0.379. The Bertz CT molecular complexity index is 1690. The van der Waals surface area contributed by atoms with E-state index in [0.29, 0.717) is 31.9 Å². The van der Waals surface area contributed by atoms with E-state index in [1.54, 1.807) is 30.6 Å². The lowest BCUT2D eigenvalue weighted by molar-refractivity contribution is 0.360. The zero-order valence-electron chi connectivity index (χ0n) is 19.8. The molecule has 1 aliphatic heterocycles. The van der Waals surface area contributed by atoms with E-state index in [2.05, 4.69) is 49.4 Å². The first kappa shape index (κ1) is 22.7. The van der Waals surface area contributed by atoms with Gasteiger partial charge in [-0.15, -0.1) is 0 Å². The van der Waals surface area contributed by atoms with E-state index in [-0.39, 0.29) is 4.90 Å². The monoisotopic (exact) mass is 498 g/mol. The highest BCUT2D eigenvalue weighted by Gasteiger charge is 2.28. The molecular formula is C27H26N6O2S. The van der Waals surface area contributed by atoms with Crippen LogP contribution in [0, 0.1) is 0 Å². The first-order chi connectivity index (χ1) is 17.5. The van der Waals surface area contributed by atoms with Crippen molar-refractivity contribution in [2.75, 3.05) is 31.5 Å². The fraction of sp³-hybridized carbons (Fsp3) is 0.185. The third kappa shape index (κ3) is 4.01. The van der Waals surface area contributed by atoms with Gasteiger partial charge >= 0.3 is 0 Å². The normalized spacial score (nSPS) is 14.9. The molecule has 0 saturated carbocycles. The predicted octanol–water partition coefficient (Wildman–Crippen LogP) is 4.13. The van der Waals surface area contributed by atoms with E-state index in [1.807, 2.05) is 31.4 Å². The minimum Gasteiger partial charge on any atom is -0.354 e. The number of hydrogen-bond acceptors (Lipinski definition) is 6. The number of nitrogens with one attached hydrogen (secondary N) is 2. The molecule has 2 aromatic heterocycles. The Kier molecular flexibility index (Phi) is 5.67. The molecule has 0 amide bonds. The van der Waals surface area contributed by atoms with Crippen LogP contribution in [0.5, 0.6) is 0 Å². The van der Waals surface area contributed by atoms with E-state index < -0.39 is 10.0 Å². The molecular weight excluding hydrogens is 472 g/mol. The Labute approximate surface area is 209 Å². The summed E-state index contributed by atoms with van der Waals surface area (Å²) < 4.78 is 30.6. The number of nitrogens with zero attached hydrogens (tertiary/aromatic N) is 4. The second-order valence-corrected chi connectivity index (χ2v) is 10.8. The molecule has 0 atom stereocenters. The van der Waals surface area contributed by atoms with Crippen LogP contribution in [0.3, 0.4) is 0 Å². The van der Waals surface area contributed by atoms with Crippen molar-refractivity contribution < 1.29 is 8.42 Å². The molecule has 0 unspecified atom stereocenters. The third-order valence-corrected chi connectivity index (χ3v) is 8.59. The second kappa shape index (κ2) is 9.02. The van der Waals surface area contributed by atoms with Crippen molar-refractivity contribution in [1.29, 1.82) is 0 Å². The molecule has 9 heteroatoms. The molecule has 0 bridgehead atoms. The van der Waals surface area contributed by atoms with Crippen LogP contribution < -0.4 is 10.6 Å². The van der Waals surface area contributed by atoms with Crippen LogP contribution in [0.15, 0.2) is 84.1 Å². The summed E-state index contributed by atoms with van der Waals surface area (Å²) in [6.07, 6.45) is 5.40. The number of piperazine rings is 1. The van der Waals surface area contributed by atoms with E-state index in [0.717, 1.165) is 38.8 Å². The SMILES string of the molecule is Cn1ccc2ccc(-c3cc(Nc4ccccc4S(=O)(=O)N4CCNCC4)cc4nccnc34)cc21. The van der Waals surface area contributed by atoms with Crippen LogP contribution in [0.4, 0.5) is 11.4 Å². The lowest BCUT2D eigenvalue weighted by Gasteiger charge is -2.27. The fourth-order valence-corrected chi connectivity index (χ4v) is 6.36. The molecule has 1 aliphatic rings. The molecule has 0 radical (unpaired) electrons. The maximum Gasteiger partial charge on any atom is 0.245 e. The van der Waals surface area contributed by atoms with Crippen molar-refractivity contribution in [2.24, 2.45) is 7.05 Å². The number of fused-ring (bicyclic) bond motifs is 2. The maximum atomic E-state index is 13.5. The largest absolute Gasteiger partial charge is 0.354 e. The average molecular weight is 499 g/mol. The van der Waals surface area contributed by atoms with Gasteiger partial charge in [0.15, 0.2) is 0 Å². The Morgan fingerprint density at radius 3 is 2.61 bits per heavy atom. The maximum absolute atomic E-state index is 13.5. The number of hydrogen-bond donors (Lipinski definition) is 2. The summed E-state index contributed by atoms with van der Waals surface area (Å²) in [4.78, 5) is 9.41. The van der Waals surface area contributed by atoms with Gasteiger partial charge < -0.3 is 15.2 Å². The summed E-state index contributed by atoms with van der Waals surface area (Å²) in [5.74, 6) is 0. The fourth-order valence-electron chi connectivity index (χ4n) is 4.77. The Balaban J connectivity index is 1.45. The first-order valence-electron chi connectivity index (χ1n) is 11.9. The Hall–Kier alpha value is -3.79. The van der Waals surface area contributed by atoms with Crippen molar-refractivity contribution in [3.63, 3.8) is 0 Å². The van der Waals surface area contributed by atoms with Gasteiger partial charge in [0.25, 0.3) is 0 Å². The number of rotatable bonds is 5. The zero-order chi connectivity index (χ0) is 24.7. The topological polar surface area (TPSA) is 92.2 Å². The van der Waals surface area contributed by atoms with E-state index in [4.69, 9.17) is 0 Å². The van der Waals surface area contributed by atoms with E-state index >= 15 is 0 Å². The summed E-state index contributed by atoms with van der Waals surface area (Å²) >= 11 is 0.